The second kappa shape index (κ2) is 11.8. The number of aryl methyl sites for hydroxylation is 1. The van der Waals surface area contributed by atoms with Crippen molar-refractivity contribution in [1.82, 2.24) is 9.55 Å². The minimum Gasteiger partial charge on any atom is -0.456 e. The molecule has 0 aliphatic rings. The summed E-state index contributed by atoms with van der Waals surface area (Å²) in [7, 11) is 0. The summed E-state index contributed by atoms with van der Waals surface area (Å²) in [6, 6.07) is 18.6. The summed E-state index contributed by atoms with van der Waals surface area (Å²) in [5.41, 5.74) is 6.45. The van der Waals surface area contributed by atoms with Crippen LogP contribution in [0.15, 0.2) is 70.3 Å². The van der Waals surface area contributed by atoms with Crippen molar-refractivity contribution in [2.45, 2.75) is 33.2 Å². The Morgan fingerprint density at radius 1 is 1.00 bits per heavy atom. The molecule has 0 saturated heterocycles. The van der Waals surface area contributed by atoms with Gasteiger partial charge in [0.1, 0.15) is 5.82 Å². The molecule has 3 N–H and O–H groups in total. The zero-order valence-corrected chi connectivity index (χ0v) is 19.9. The molecule has 0 saturated carbocycles. The molecule has 0 unspecified atom stereocenters. The number of nitrogens with two attached hydrogens (primary N) is 1. The largest absolute Gasteiger partial charge is 0.456 e. The molecule has 1 amide bonds. The summed E-state index contributed by atoms with van der Waals surface area (Å²) >= 11 is 0. The average molecular weight is 479 g/mol. The van der Waals surface area contributed by atoms with Crippen molar-refractivity contribution in [1.29, 1.82) is 0 Å². The molecule has 0 aliphatic carbocycles. The zero-order chi connectivity index (χ0) is 25.4. The number of amides is 1. The van der Waals surface area contributed by atoms with Crippen LogP contribution in [-0.4, -0.2) is 34.6 Å². The number of carbonyl (C=O) groups is 2. The SMILES string of the molecule is CC(C)CN(C(=O)COC(=O)CCc1ccccc1)c1c(N)n(Cc2ccccc2)c(=O)[nH]c1=O. The molecule has 9 nitrogen and oxygen atoms in total. The zero-order valence-electron chi connectivity index (χ0n) is 19.9. The molecule has 0 aliphatic heterocycles. The van der Waals surface area contributed by atoms with E-state index in [9.17, 15) is 19.2 Å². The number of ether oxygens (including phenoxy) is 1. The van der Waals surface area contributed by atoms with E-state index in [4.69, 9.17) is 10.5 Å². The Hall–Kier alpha value is -4.14. The fourth-order valence-electron chi connectivity index (χ4n) is 3.63. The van der Waals surface area contributed by atoms with Crippen molar-refractivity contribution in [2.75, 3.05) is 23.8 Å². The van der Waals surface area contributed by atoms with Crippen LogP contribution in [0.4, 0.5) is 11.5 Å². The van der Waals surface area contributed by atoms with Crippen molar-refractivity contribution in [3.05, 3.63) is 92.6 Å². The molecule has 3 aromatic rings. The smallest absolute Gasteiger partial charge is 0.330 e. The molecular formula is C26H30N4O5. The van der Waals surface area contributed by atoms with E-state index >= 15 is 0 Å². The van der Waals surface area contributed by atoms with E-state index in [1.54, 1.807) is 0 Å². The summed E-state index contributed by atoms with van der Waals surface area (Å²) in [5, 5.41) is 0. The van der Waals surface area contributed by atoms with Gasteiger partial charge < -0.3 is 15.4 Å². The first-order valence-electron chi connectivity index (χ1n) is 11.4. The Labute approximate surface area is 203 Å². The maximum atomic E-state index is 13.1. The van der Waals surface area contributed by atoms with Crippen LogP contribution >= 0.6 is 0 Å². The second-order valence-electron chi connectivity index (χ2n) is 8.61. The van der Waals surface area contributed by atoms with Crippen molar-refractivity contribution in [2.24, 2.45) is 5.92 Å². The van der Waals surface area contributed by atoms with E-state index in [1.807, 2.05) is 74.5 Å². The number of hydrogen-bond acceptors (Lipinski definition) is 6. The molecule has 3 rings (SSSR count). The number of carbonyl (C=O) groups excluding carboxylic acids is 2. The summed E-state index contributed by atoms with van der Waals surface area (Å²) < 4.78 is 6.39. The fourth-order valence-corrected chi connectivity index (χ4v) is 3.63. The Morgan fingerprint density at radius 3 is 2.20 bits per heavy atom. The average Bonchev–Trinajstić information content (AvgIpc) is 2.84. The number of H-pyrrole nitrogens is 1. The van der Waals surface area contributed by atoms with E-state index in [-0.39, 0.29) is 36.9 Å². The Morgan fingerprint density at radius 2 is 1.60 bits per heavy atom. The van der Waals surface area contributed by atoms with Gasteiger partial charge in [-0.2, -0.15) is 0 Å². The van der Waals surface area contributed by atoms with Gasteiger partial charge in [0.25, 0.3) is 11.5 Å². The predicted octanol–water partition coefficient (Wildman–Crippen LogP) is 2.33. The number of rotatable bonds is 10. The minimum atomic E-state index is -0.777. The molecule has 2 aromatic carbocycles. The van der Waals surface area contributed by atoms with Gasteiger partial charge in [-0.1, -0.05) is 74.5 Å². The highest BCUT2D eigenvalue weighted by Crippen LogP contribution is 2.19. The van der Waals surface area contributed by atoms with Gasteiger partial charge in [-0.3, -0.25) is 23.9 Å². The monoisotopic (exact) mass is 478 g/mol. The molecule has 0 atom stereocenters. The molecule has 0 radical (unpaired) electrons. The number of anilines is 2. The number of aromatic nitrogens is 2. The summed E-state index contributed by atoms with van der Waals surface area (Å²) in [6.45, 7) is 3.47. The van der Waals surface area contributed by atoms with Gasteiger partial charge in [0, 0.05) is 13.0 Å². The van der Waals surface area contributed by atoms with E-state index in [1.165, 1.54) is 9.47 Å². The fraction of sp³-hybridized carbons (Fsp3) is 0.308. The predicted molar refractivity (Wildman–Crippen MR) is 134 cm³/mol. The molecule has 0 bridgehead atoms. The molecular weight excluding hydrogens is 448 g/mol. The van der Waals surface area contributed by atoms with Gasteiger partial charge >= 0.3 is 11.7 Å². The van der Waals surface area contributed by atoms with Gasteiger partial charge in [0.05, 0.1) is 6.54 Å². The van der Waals surface area contributed by atoms with Crippen LogP contribution in [0.1, 0.15) is 31.4 Å². The van der Waals surface area contributed by atoms with Gasteiger partial charge in [-0.25, -0.2) is 4.79 Å². The highest BCUT2D eigenvalue weighted by molar-refractivity contribution is 5.97. The third-order valence-corrected chi connectivity index (χ3v) is 5.33. The van der Waals surface area contributed by atoms with Crippen LogP contribution in [0.3, 0.4) is 0 Å². The van der Waals surface area contributed by atoms with Crippen LogP contribution in [0, 0.1) is 5.92 Å². The highest BCUT2D eigenvalue weighted by atomic mass is 16.5. The first-order valence-corrected chi connectivity index (χ1v) is 11.4. The third kappa shape index (κ3) is 6.92. The van der Waals surface area contributed by atoms with Crippen LogP contribution in [0.2, 0.25) is 0 Å². The highest BCUT2D eigenvalue weighted by Gasteiger charge is 2.26. The number of esters is 1. The molecule has 184 valence electrons. The quantitative estimate of drug-likeness (QED) is 0.431. The van der Waals surface area contributed by atoms with E-state index in [2.05, 4.69) is 4.98 Å². The lowest BCUT2D eigenvalue weighted by atomic mass is 10.1. The van der Waals surface area contributed by atoms with E-state index in [0.29, 0.717) is 6.42 Å². The number of nitrogens with zero attached hydrogens (tertiary/aromatic N) is 2. The molecule has 1 aromatic heterocycles. The lowest BCUT2D eigenvalue weighted by Crippen LogP contribution is -2.44. The molecule has 9 heteroatoms. The number of aromatic amines is 1. The Kier molecular flexibility index (Phi) is 8.61. The summed E-state index contributed by atoms with van der Waals surface area (Å²) in [5.74, 6) is -1.29. The van der Waals surface area contributed by atoms with Crippen molar-refractivity contribution in [3.63, 3.8) is 0 Å². The molecule has 1 heterocycles. The van der Waals surface area contributed by atoms with Gasteiger partial charge in [0.2, 0.25) is 0 Å². The Bertz CT molecular complexity index is 1270. The Balaban J connectivity index is 1.79. The lowest BCUT2D eigenvalue weighted by molar-refractivity contribution is -0.147. The summed E-state index contributed by atoms with van der Waals surface area (Å²) in [6.07, 6.45) is 0.604. The first-order chi connectivity index (χ1) is 16.8. The van der Waals surface area contributed by atoms with Gasteiger partial charge in [-0.05, 0) is 23.5 Å². The third-order valence-electron chi connectivity index (χ3n) is 5.33. The number of nitrogens with one attached hydrogen (secondary N) is 1. The van der Waals surface area contributed by atoms with Gasteiger partial charge in [0.15, 0.2) is 12.3 Å². The minimum absolute atomic E-state index is 0.0268. The molecule has 0 spiro atoms. The first kappa shape index (κ1) is 25.5. The van der Waals surface area contributed by atoms with Crippen LogP contribution in [-0.2, 0) is 27.3 Å². The van der Waals surface area contributed by atoms with Crippen LogP contribution in [0.5, 0.6) is 0 Å². The van der Waals surface area contributed by atoms with Crippen molar-refractivity contribution >= 4 is 23.4 Å². The van der Waals surface area contributed by atoms with E-state index < -0.39 is 29.7 Å². The topological polar surface area (TPSA) is 127 Å². The standard InChI is InChI=1S/C26H30N4O5/c1-18(2)15-29(21(31)17-35-22(32)14-13-19-9-5-3-6-10-19)23-24(27)30(26(34)28-25(23)33)16-20-11-7-4-8-12-20/h3-12,18H,13-17,27H2,1-2H3,(H,28,33,34). The second-order valence-corrected chi connectivity index (χ2v) is 8.61. The van der Waals surface area contributed by atoms with Crippen LogP contribution in [0.25, 0.3) is 0 Å². The molecule has 35 heavy (non-hydrogen) atoms. The number of hydrogen-bond donors (Lipinski definition) is 2. The van der Waals surface area contributed by atoms with E-state index in [0.717, 1.165) is 11.1 Å². The van der Waals surface area contributed by atoms with Crippen LogP contribution < -0.4 is 21.9 Å². The maximum Gasteiger partial charge on any atom is 0.330 e. The number of benzene rings is 2. The maximum absolute atomic E-state index is 13.1. The summed E-state index contributed by atoms with van der Waals surface area (Å²) in [4.78, 5) is 53.9. The van der Waals surface area contributed by atoms with Crippen molar-refractivity contribution < 1.29 is 14.3 Å². The lowest BCUT2D eigenvalue weighted by Gasteiger charge is -2.26. The molecule has 0 fully saturated rings. The normalized spacial score (nSPS) is 10.8. The van der Waals surface area contributed by atoms with Gasteiger partial charge in [-0.15, -0.1) is 0 Å². The number of nitrogen functional groups attached to an aromatic ring is 1. The van der Waals surface area contributed by atoms with Crippen molar-refractivity contribution in [3.8, 4) is 0 Å².